The van der Waals surface area contributed by atoms with E-state index < -0.39 is 0 Å². The predicted molar refractivity (Wildman–Crippen MR) is 99.6 cm³/mol. The highest BCUT2D eigenvalue weighted by molar-refractivity contribution is 14.1. The summed E-state index contributed by atoms with van der Waals surface area (Å²) in [5.74, 6) is 0. The Morgan fingerprint density at radius 3 is 2.27 bits per heavy atom. The Morgan fingerprint density at radius 1 is 1.00 bits per heavy atom. The summed E-state index contributed by atoms with van der Waals surface area (Å²) in [5.41, 5.74) is 3.62. The van der Waals surface area contributed by atoms with E-state index >= 15 is 0 Å². The van der Waals surface area contributed by atoms with Crippen LogP contribution in [0.4, 0.5) is 0 Å². The monoisotopic (exact) mass is 422 g/mol. The van der Waals surface area contributed by atoms with E-state index in [-0.39, 0.29) is 5.66 Å². The second kappa shape index (κ2) is 5.05. The topological polar surface area (TPSA) is 15.4 Å². The van der Waals surface area contributed by atoms with E-state index in [1.165, 1.54) is 20.4 Å². The van der Waals surface area contributed by atoms with Crippen molar-refractivity contribution in [3.05, 3.63) is 68.3 Å². The molecule has 0 radical (unpaired) electrons. The second-order valence-corrected chi connectivity index (χ2v) is 8.03. The molecule has 0 amide bonds. The molecular weight excluding hydrogens is 407 g/mol. The van der Waals surface area contributed by atoms with Gasteiger partial charge in [-0.1, -0.05) is 35.9 Å². The summed E-state index contributed by atoms with van der Waals surface area (Å²) >= 11 is 8.35. The minimum Gasteiger partial charge on any atom is -0.266 e. The molecule has 0 bridgehead atoms. The molecular formula is C18H16ClIN2. The lowest BCUT2D eigenvalue weighted by Gasteiger charge is -2.20. The van der Waals surface area contributed by atoms with Crippen molar-refractivity contribution in [3.8, 4) is 0 Å². The molecule has 2 heterocycles. The summed E-state index contributed by atoms with van der Waals surface area (Å²) < 4.78 is 1.25. The maximum atomic E-state index is 6.01. The second-order valence-electron chi connectivity index (χ2n) is 6.35. The average molecular weight is 423 g/mol. The Labute approximate surface area is 149 Å². The Balaban J connectivity index is 1.70. The van der Waals surface area contributed by atoms with Gasteiger partial charge in [0.15, 0.2) is 0 Å². The maximum Gasteiger partial charge on any atom is 0.109 e. The van der Waals surface area contributed by atoms with Crippen molar-refractivity contribution in [2.75, 3.05) is 0 Å². The van der Waals surface area contributed by atoms with E-state index in [0.717, 1.165) is 5.02 Å². The van der Waals surface area contributed by atoms with Crippen molar-refractivity contribution < 1.29 is 0 Å². The van der Waals surface area contributed by atoms with Crippen LogP contribution in [0.15, 0.2) is 53.5 Å². The van der Waals surface area contributed by atoms with Crippen molar-refractivity contribution >= 4 is 39.9 Å². The molecule has 2 aromatic carbocycles. The highest BCUT2D eigenvalue weighted by Gasteiger charge is 2.62. The van der Waals surface area contributed by atoms with Gasteiger partial charge in [-0.25, -0.2) is 0 Å². The zero-order chi connectivity index (χ0) is 15.5. The van der Waals surface area contributed by atoms with Crippen molar-refractivity contribution in [1.29, 1.82) is 0 Å². The first-order valence-electron chi connectivity index (χ1n) is 7.37. The van der Waals surface area contributed by atoms with E-state index in [9.17, 15) is 0 Å². The number of rotatable bonds is 2. The highest BCUT2D eigenvalue weighted by atomic mass is 127. The Hall–Kier alpha value is -0.910. The van der Waals surface area contributed by atoms with Crippen LogP contribution in [0, 0.1) is 3.57 Å². The minimum absolute atomic E-state index is 0.146. The summed E-state index contributed by atoms with van der Waals surface area (Å²) in [6.45, 7) is 4.38. The van der Waals surface area contributed by atoms with E-state index in [0.29, 0.717) is 12.1 Å². The summed E-state index contributed by atoms with van der Waals surface area (Å²) in [4.78, 5) is 7.43. The van der Waals surface area contributed by atoms with Crippen molar-refractivity contribution in [2.45, 2.75) is 31.6 Å². The summed E-state index contributed by atoms with van der Waals surface area (Å²) in [6, 6.07) is 17.7. The lowest BCUT2D eigenvalue weighted by molar-refractivity contribution is 0.281. The van der Waals surface area contributed by atoms with Crippen molar-refractivity contribution in [1.82, 2.24) is 4.90 Å². The fourth-order valence-electron chi connectivity index (χ4n) is 3.47. The van der Waals surface area contributed by atoms with E-state index in [4.69, 9.17) is 16.6 Å². The molecule has 2 nitrogen and oxygen atoms in total. The van der Waals surface area contributed by atoms with Gasteiger partial charge in [-0.05, 0) is 71.8 Å². The molecule has 4 rings (SSSR count). The number of hydrogen-bond acceptors (Lipinski definition) is 2. The van der Waals surface area contributed by atoms with Crippen LogP contribution in [0.3, 0.4) is 0 Å². The number of benzene rings is 2. The molecule has 0 saturated carbocycles. The molecule has 112 valence electrons. The Bertz CT molecular complexity index is 750. The van der Waals surface area contributed by atoms with Gasteiger partial charge in [0.25, 0.3) is 0 Å². The minimum atomic E-state index is -0.146. The van der Waals surface area contributed by atoms with Gasteiger partial charge < -0.3 is 0 Å². The molecule has 1 fully saturated rings. The summed E-state index contributed by atoms with van der Waals surface area (Å²) in [5, 5.41) is 0.787. The number of halogens is 2. The molecule has 1 saturated heterocycles. The van der Waals surface area contributed by atoms with Gasteiger partial charge in [-0.15, -0.1) is 0 Å². The van der Waals surface area contributed by atoms with Crippen LogP contribution in [-0.4, -0.2) is 22.3 Å². The van der Waals surface area contributed by atoms with E-state index in [1.807, 2.05) is 12.1 Å². The molecule has 2 aromatic rings. The molecule has 0 aromatic heterocycles. The standard InChI is InChI=1S/C18H16ClIN2/c1-18(2)21-15(11-5-9-14(20)10-6-11)17-16(22(17)18)12-3-7-13(19)8-4-12/h3-10,16-17H,1-2H3/t16-,17-,22?/m1/s1. The quantitative estimate of drug-likeness (QED) is 0.496. The molecule has 1 unspecified atom stereocenters. The molecule has 2 aliphatic heterocycles. The van der Waals surface area contributed by atoms with E-state index in [2.05, 4.69) is 77.7 Å². The van der Waals surface area contributed by atoms with Crippen LogP contribution in [0.2, 0.25) is 5.02 Å². The van der Waals surface area contributed by atoms with Gasteiger partial charge in [0.1, 0.15) is 5.66 Å². The van der Waals surface area contributed by atoms with Crippen LogP contribution in [0.25, 0.3) is 0 Å². The third kappa shape index (κ3) is 2.30. The van der Waals surface area contributed by atoms with Gasteiger partial charge in [0, 0.05) is 8.59 Å². The van der Waals surface area contributed by atoms with Crippen LogP contribution in [-0.2, 0) is 0 Å². The number of hydrogen-bond donors (Lipinski definition) is 0. The summed E-state index contributed by atoms with van der Waals surface area (Å²) in [6.07, 6.45) is 0. The normalized spacial score (nSPS) is 28.2. The zero-order valence-electron chi connectivity index (χ0n) is 12.4. The first-order chi connectivity index (χ1) is 10.5. The fourth-order valence-corrected chi connectivity index (χ4v) is 3.96. The van der Waals surface area contributed by atoms with Gasteiger partial charge in [-0.2, -0.15) is 0 Å². The summed E-state index contributed by atoms with van der Waals surface area (Å²) in [7, 11) is 0. The van der Waals surface area contributed by atoms with Crippen molar-refractivity contribution in [3.63, 3.8) is 0 Å². The lowest BCUT2D eigenvalue weighted by atomic mass is 10.0. The molecule has 22 heavy (non-hydrogen) atoms. The SMILES string of the molecule is CC1(C)N=C(c2ccc(I)cc2)[C@@H]2[C@@H](c3ccc(Cl)cc3)N21. The lowest BCUT2D eigenvalue weighted by Crippen LogP contribution is -2.25. The molecule has 3 atom stereocenters. The molecule has 2 aliphatic rings. The third-order valence-corrected chi connectivity index (χ3v) is 5.44. The fraction of sp³-hybridized carbons (Fsp3) is 0.278. The first-order valence-corrected chi connectivity index (χ1v) is 8.83. The largest absolute Gasteiger partial charge is 0.266 e. The van der Waals surface area contributed by atoms with Crippen LogP contribution in [0.1, 0.15) is 31.0 Å². The van der Waals surface area contributed by atoms with Gasteiger partial charge in [0.05, 0.1) is 17.8 Å². The Kier molecular flexibility index (Phi) is 3.36. The number of fused-ring (bicyclic) bond motifs is 1. The predicted octanol–water partition coefficient (Wildman–Crippen LogP) is 4.91. The molecule has 0 N–H and O–H groups in total. The van der Waals surface area contributed by atoms with E-state index in [1.54, 1.807) is 0 Å². The highest BCUT2D eigenvalue weighted by Crippen LogP contribution is 2.54. The van der Waals surface area contributed by atoms with Gasteiger partial charge >= 0.3 is 0 Å². The van der Waals surface area contributed by atoms with Crippen LogP contribution < -0.4 is 0 Å². The van der Waals surface area contributed by atoms with Crippen molar-refractivity contribution in [2.24, 2.45) is 4.99 Å². The molecule has 4 heteroatoms. The number of aliphatic imine (C=N–C) groups is 1. The Morgan fingerprint density at radius 2 is 1.64 bits per heavy atom. The molecule has 0 spiro atoms. The average Bonchev–Trinajstić information content (AvgIpc) is 3.16. The first kappa shape index (κ1) is 14.7. The third-order valence-electron chi connectivity index (χ3n) is 4.47. The van der Waals surface area contributed by atoms with Crippen LogP contribution in [0.5, 0.6) is 0 Å². The van der Waals surface area contributed by atoms with Gasteiger partial charge in [0.2, 0.25) is 0 Å². The van der Waals surface area contributed by atoms with Gasteiger partial charge in [-0.3, -0.25) is 9.89 Å². The van der Waals surface area contributed by atoms with Crippen LogP contribution >= 0.6 is 34.2 Å². The zero-order valence-corrected chi connectivity index (χ0v) is 15.3. The molecule has 0 aliphatic carbocycles. The maximum absolute atomic E-state index is 6.01. The number of nitrogens with zero attached hydrogens (tertiary/aromatic N) is 2. The smallest absolute Gasteiger partial charge is 0.109 e.